The molecule has 26 heavy (non-hydrogen) atoms. The summed E-state index contributed by atoms with van der Waals surface area (Å²) in [5.74, 6) is -0.720. The van der Waals surface area contributed by atoms with E-state index in [1.54, 1.807) is 45.0 Å². The van der Waals surface area contributed by atoms with Crippen LogP contribution in [0.1, 0.15) is 37.0 Å². The number of ether oxygens (including phenoxy) is 1. The van der Waals surface area contributed by atoms with E-state index in [0.717, 1.165) is 21.1 Å². The number of carbonyl (C=O) groups excluding carboxylic acids is 1. The van der Waals surface area contributed by atoms with Crippen molar-refractivity contribution in [3.05, 3.63) is 45.5 Å². The standard InChI is InChI=1S/C17H14BrF3N2O2S/c1-16(2,3)25-15(24)12-14-23(11(8-26-14)17(19,20)21)13(22-12)9-5-4-6-10(18)7-9/h4-8H,1-3H3. The average Bonchev–Trinajstić information content (AvgIpc) is 3.03. The van der Waals surface area contributed by atoms with Gasteiger partial charge in [0.1, 0.15) is 21.9 Å². The number of carbonyl (C=O) groups is 1. The molecule has 138 valence electrons. The van der Waals surface area contributed by atoms with Crippen LogP contribution in [0.5, 0.6) is 0 Å². The molecule has 2 aromatic heterocycles. The van der Waals surface area contributed by atoms with Crippen LogP contribution < -0.4 is 0 Å². The fraction of sp³-hybridized carbons (Fsp3) is 0.294. The van der Waals surface area contributed by atoms with Crippen molar-refractivity contribution in [1.82, 2.24) is 9.38 Å². The second-order valence-corrected chi connectivity index (χ2v) is 8.33. The maximum Gasteiger partial charge on any atom is 0.432 e. The summed E-state index contributed by atoms with van der Waals surface area (Å²) < 4.78 is 47.3. The van der Waals surface area contributed by atoms with Crippen molar-refractivity contribution in [2.45, 2.75) is 32.5 Å². The monoisotopic (exact) mass is 446 g/mol. The Balaban J connectivity index is 2.26. The zero-order valence-corrected chi connectivity index (χ0v) is 16.4. The molecule has 0 unspecified atom stereocenters. The predicted octanol–water partition coefficient (Wildman–Crippen LogP) is 5.80. The molecule has 0 aliphatic heterocycles. The number of fused-ring (bicyclic) bond motifs is 1. The van der Waals surface area contributed by atoms with Gasteiger partial charge in [-0.2, -0.15) is 13.2 Å². The molecule has 0 spiro atoms. The molecule has 0 bridgehead atoms. The first-order chi connectivity index (χ1) is 12.0. The number of benzene rings is 1. The Morgan fingerprint density at radius 1 is 1.27 bits per heavy atom. The molecule has 9 heteroatoms. The molecule has 0 N–H and O–H groups in total. The molecule has 0 aliphatic carbocycles. The Bertz CT molecular complexity index is 986. The van der Waals surface area contributed by atoms with E-state index >= 15 is 0 Å². The molecule has 2 heterocycles. The normalized spacial score (nSPS) is 12.6. The topological polar surface area (TPSA) is 43.6 Å². The Hall–Kier alpha value is -1.87. The van der Waals surface area contributed by atoms with Gasteiger partial charge in [-0.3, -0.25) is 4.40 Å². The smallest absolute Gasteiger partial charge is 0.432 e. The molecule has 0 amide bonds. The molecule has 3 aromatic rings. The molecule has 1 aromatic carbocycles. The summed E-state index contributed by atoms with van der Waals surface area (Å²) in [7, 11) is 0. The fourth-order valence-corrected chi connectivity index (χ4v) is 3.77. The van der Waals surface area contributed by atoms with E-state index in [4.69, 9.17) is 4.74 Å². The molecule has 3 rings (SSSR count). The first-order valence-electron chi connectivity index (χ1n) is 7.54. The molecular weight excluding hydrogens is 433 g/mol. The Labute approximate surface area is 159 Å². The van der Waals surface area contributed by atoms with Crippen LogP contribution in [0.25, 0.3) is 16.2 Å². The summed E-state index contributed by atoms with van der Waals surface area (Å²) >= 11 is 4.11. The van der Waals surface area contributed by atoms with Crippen molar-refractivity contribution in [1.29, 1.82) is 0 Å². The van der Waals surface area contributed by atoms with Gasteiger partial charge in [0.15, 0.2) is 5.69 Å². The van der Waals surface area contributed by atoms with Gasteiger partial charge in [0.2, 0.25) is 0 Å². The quantitative estimate of drug-likeness (QED) is 0.467. The number of imidazole rings is 1. The lowest BCUT2D eigenvalue weighted by molar-refractivity contribution is -0.141. The van der Waals surface area contributed by atoms with E-state index in [2.05, 4.69) is 20.9 Å². The summed E-state index contributed by atoms with van der Waals surface area (Å²) in [4.78, 5) is 16.8. The predicted molar refractivity (Wildman–Crippen MR) is 96.4 cm³/mol. The number of hydrogen-bond donors (Lipinski definition) is 0. The molecule has 0 aliphatic rings. The van der Waals surface area contributed by atoms with Crippen LogP contribution in [-0.2, 0) is 10.9 Å². The average molecular weight is 447 g/mol. The minimum Gasteiger partial charge on any atom is -0.455 e. The lowest BCUT2D eigenvalue weighted by Gasteiger charge is -2.18. The number of aromatic nitrogens is 2. The fourth-order valence-electron chi connectivity index (χ4n) is 2.38. The van der Waals surface area contributed by atoms with Gasteiger partial charge < -0.3 is 4.74 Å². The highest BCUT2D eigenvalue weighted by molar-refractivity contribution is 9.10. The van der Waals surface area contributed by atoms with Crippen molar-refractivity contribution in [3.63, 3.8) is 0 Å². The molecule has 0 fully saturated rings. The van der Waals surface area contributed by atoms with E-state index in [1.165, 1.54) is 0 Å². The van der Waals surface area contributed by atoms with Gasteiger partial charge in [0.05, 0.1) is 0 Å². The minimum absolute atomic E-state index is 0.0377. The first-order valence-corrected chi connectivity index (χ1v) is 9.21. The second-order valence-electron chi connectivity index (χ2n) is 6.56. The van der Waals surface area contributed by atoms with Crippen molar-refractivity contribution >= 4 is 38.1 Å². The summed E-state index contributed by atoms with van der Waals surface area (Å²) in [6, 6.07) is 6.72. The SMILES string of the molecule is CC(C)(C)OC(=O)c1nc(-c2cccc(Br)c2)n2c(C(F)(F)F)csc12. The molecule has 0 saturated carbocycles. The number of halogens is 4. The highest BCUT2D eigenvalue weighted by Gasteiger charge is 2.37. The van der Waals surface area contributed by atoms with Crippen LogP contribution in [0.4, 0.5) is 13.2 Å². The van der Waals surface area contributed by atoms with Crippen molar-refractivity contribution in [3.8, 4) is 11.4 Å². The van der Waals surface area contributed by atoms with Crippen LogP contribution in [0, 0.1) is 0 Å². The third-order valence-corrected chi connectivity index (χ3v) is 4.76. The molecule has 0 atom stereocenters. The number of nitrogens with zero attached hydrogens (tertiary/aromatic N) is 2. The van der Waals surface area contributed by atoms with Gasteiger partial charge in [0.25, 0.3) is 0 Å². The van der Waals surface area contributed by atoms with Gasteiger partial charge in [0, 0.05) is 15.4 Å². The zero-order valence-electron chi connectivity index (χ0n) is 14.0. The third-order valence-electron chi connectivity index (χ3n) is 3.32. The van der Waals surface area contributed by atoms with Crippen molar-refractivity contribution < 1.29 is 22.7 Å². The van der Waals surface area contributed by atoms with Crippen LogP contribution in [-0.4, -0.2) is 21.0 Å². The van der Waals surface area contributed by atoms with Crippen LogP contribution in [0.3, 0.4) is 0 Å². The summed E-state index contributed by atoms with van der Waals surface area (Å²) in [5, 5.41) is 0.979. The van der Waals surface area contributed by atoms with Crippen molar-refractivity contribution in [2.75, 3.05) is 0 Å². The Kier molecular flexibility index (Phi) is 4.64. The highest BCUT2D eigenvalue weighted by atomic mass is 79.9. The highest BCUT2D eigenvalue weighted by Crippen LogP contribution is 2.38. The largest absolute Gasteiger partial charge is 0.455 e. The number of alkyl halides is 3. The lowest BCUT2D eigenvalue weighted by atomic mass is 10.2. The number of rotatable bonds is 2. The summed E-state index contributed by atoms with van der Waals surface area (Å²) in [6.07, 6.45) is -4.58. The van der Waals surface area contributed by atoms with E-state index in [9.17, 15) is 18.0 Å². The first kappa shape index (κ1) is 18.9. The maximum atomic E-state index is 13.4. The number of hydrogen-bond acceptors (Lipinski definition) is 4. The van der Waals surface area contributed by atoms with Gasteiger partial charge >= 0.3 is 12.1 Å². The van der Waals surface area contributed by atoms with Crippen LogP contribution >= 0.6 is 27.3 Å². The van der Waals surface area contributed by atoms with E-state index in [1.807, 2.05) is 0 Å². The molecular formula is C17H14BrF3N2O2S. The minimum atomic E-state index is -4.58. The van der Waals surface area contributed by atoms with Crippen LogP contribution in [0.15, 0.2) is 34.1 Å². The van der Waals surface area contributed by atoms with Crippen molar-refractivity contribution in [2.24, 2.45) is 0 Å². The summed E-state index contributed by atoms with van der Waals surface area (Å²) in [5.41, 5.74) is -1.34. The number of esters is 1. The molecule has 0 saturated heterocycles. The molecule has 0 radical (unpaired) electrons. The van der Waals surface area contributed by atoms with Crippen LogP contribution in [0.2, 0.25) is 0 Å². The second kappa shape index (κ2) is 6.38. The third kappa shape index (κ3) is 3.64. The van der Waals surface area contributed by atoms with E-state index in [0.29, 0.717) is 10.0 Å². The number of thiazole rings is 1. The Morgan fingerprint density at radius 3 is 2.54 bits per heavy atom. The van der Waals surface area contributed by atoms with Gasteiger partial charge in [-0.15, -0.1) is 11.3 Å². The van der Waals surface area contributed by atoms with E-state index in [-0.39, 0.29) is 16.3 Å². The Morgan fingerprint density at radius 2 is 1.96 bits per heavy atom. The zero-order chi connectivity index (χ0) is 19.3. The summed E-state index contributed by atoms with van der Waals surface area (Å²) in [6.45, 7) is 5.05. The lowest BCUT2D eigenvalue weighted by Crippen LogP contribution is -2.24. The van der Waals surface area contributed by atoms with E-state index < -0.39 is 23.4 Å². The van der Waals surface area contributed by atoms with Gasteiger partial charge in [-0.1, -0.05) is 28.1 Å². The maximum absolute atomic E-state index is 13.4. The molecule has 4 nitrogen and oxygen atoms in total. The van der Waals surface area contributed by atoms with Gasteiger partial charge in [-0.25, -0.2) is 9.78 Å². The van der Waals surface area contributed by atoms with Gasteiger partial charge in [-0.05, 0) is 32.9 Å².